The van der Waals surface area contributed by atoms with Crippen molar-refractivity contribution in [1.82, 2.24) is 4.31 Å². The van der Waals surface area contributed by atoms with Crippen LogP contribution in [0.3, 0.4) is 0 Å². The van der Waals surface area contributed by atoms with Gasteiger partial charge < -0.3 is 5.73 Å². The smallest absolute Gasteiger partial charge is 0.303 e. The topological polar surface area (TPSA) is 66.6 Å². The molecule has 1 aromatic carbocycles. The van der Waals surface area contributed by atoms with Gasteiger partial charge in [-0.1, -0.05) is 18.2 Å². The Balaban J connectivity index is 3.20. The molecule has 2 N–H and O–H groups in total. The molecule has 0 spiro atoms. The average molecular weight is 243 g/mol. The largest absolute Gasteiger partial charge is 0.326 e. The highest BCUT2D eigenvalue weighted by molar-refractivity contribution is 7.90. The van der Waals surface area contributed by atoms with Crippen molar-refractivity contribution in [2.45, 2.75) is 6.54 Å². The van der Waals surface area contributed by atoms with Crippen molar-refractivity contribution in [2.75, 3.05) is 25.4 Å². The van der Waals surface area contributed by atoms with E-state index in [-0.39, 0.29) is 0 Å². The molecule has 0 aliphatic heterocycles. The van der Waals surface area contributed by atoms with Gasteiger partial charge in [0.1, 0.15) is 0 Å². The predicted octanol–water partition coefficient (Wildman–Crippen LogP) is 0.388. The molecule has 0 amide bonds. The normalized spacial score (nSPS) is 11.8. The molecule has 1 aromatic rings. The first-order valence-corrected chi connectivity index (χ1v) is 6.25. The van der Waals surface area contributed by atoms with E-state index in [0.29, 0.717) is 12.2 Å². The van der Waals surface area contributed by atoms with E-state index in [4.69, 9.17) is 5.73 Å². The molecular formula is C10H17N3O2S. The third kappa shape index (κ3) is 2.34. The summed E-state index contributed by atoms with van der Waals surface area (Å²) in [7, 11) is 1.06. The molecule has 0 aliphatic rings. The summed E-state index contributed by atoms with van der Waals surface area (Å²) in [6.07, 6.45) is 0. The summed E-state index contributed by atoms with van der Waals surface area (Å²) < 4.78 is 26.2. The van der Waals surface area contributed by atoms with Gasteiger partial charge in [-0.15, -0.1) is 0 Å². The first kappa shape index (κ1) is 13.0. The van der Waals surface area contributed by atoms with Crippen molar-refractivity contribution in [3.8, 4) is 0 Å². The fourth-order valence-electron chi connectivity index (χ4n) is 1.36. The molecule has 0 aromatic heterocycles. The van der Waals surface area contributed by atoms with Crippen LogP contribution in [0.25, 0.3) is 0 Å². The Morgan fingerprint density at radius 1 is 1.19 bits per heavy atom. The van der Waals surface area contributed by atoms with Crippen molar-refractivity contribution in [2.24, 2.45) is 5.73 Å². The standard InChI is InChI=1S/C10H17N3O2S/c1-12(2)16(14,15)13(3)10-7-5-4-6-9(10)8-11/h4-7H,8,11H2,1-3H3. The molecule has 0 bridgehead atoms. The van der Waals surface area contributed by atoms with E-state index in [1.54, 1.807) is 12.1 Å². The Bertz CT molecular complexity index is 457. The number of para-hydroxylation sites is 1. The average Bonchev–Trinajstić information content (AvgIpc) is 2.27. The minimum absolute atomic E-state index is 0.309. The second-order valence-electron chi connectivity index (χ2n) is 3.59. The van der Waals surface area contributed by atoms with Gasteiger partial charge >= 0.3 is 10.2 Å². The van der Waals surface area contributed by atoms with Crippen LogP contribution in [0.5, 0.6) is 0 Å². The first-order valence-electron chi connectivity index (χ1n) is 4.85. The number of hydrogen-bond acceptors (Lipinski definition) is 3. The molecule has 0 atom stereocenters. The molecule has 0 aliphatic carbocycles. The first-order chi connectivity index (χ1) is 7.41. The zero-order chi connectivity index (χ0) is 12.3. The molecule has 1 rings (SSSR count). The van der Waals surface area contributed by atoms with Crippen LogP contribution >= 0.6 is 0 Å². The van der Waals surface area contributed by atoms with E-state index in [0.717, 1.165) is 5.56 Å². The number of hydrogen-bond donors (Lipinski definition) is 1. The molecule has 0 saturated carbocycles. The van der Waals surface area contributed by atoms with Gasteiger partial charge in [0.2, 0.25) is 0 Å². The van der Waals surface area contributed by atoms with Crippen LogP contribution in [-0.4, -0.2) is 33.9 Å². The molecule has 0 saturated heterocycles. The monoisotopic (exact) mass is 243 g/mol. The van der Waals surface area contributed by atoms with E-state index < -0.39 is 10.2 Å². The third-order valence-electron chi connectivity index (χ3n) is 2.36. The van der Waals surface area contributed by atoms with Gasteiger partial charge in [0.05, 0.1) is 5.69 Å². The number of nitrogens with zero attached hydrogens (tertiary/aromatic N) is 2. The lowest BCUT2D eigenvalue weighted by Crippen LogP contribution is -2.37. The van der Waals surface area contributed by atoms with Crippen LogP contribution in [0.4, 0.5) is 5.69 Å². The summed E-state index contributed by atoms with van der Waals surface area (Å²) in [6, 6.07) is 7.18. The maximum absolute atomic E-state index is 11.9. The van der Waals surface area contributed by atoms with Gasteiger partial charge in [-0.05, 0) is 11.6 Å². The molecule has 0 fully saturated rings. The van der Waals surface area contributed by atoms with Crippen LogP contribution in [-0.2, 0) is 16.8 Å². The molecule has 90 valence electrons. The molecule has 5 nitrogen and oxygen atoms in total. The van der Waals surface area contributed by atoms with Gasteiger partial charge in [-0.25, -0.2) is 0 Å². The quantitative estimate of drug-likeness (QED) is 0.831. The van der Waals surface area contributed by atoms with Crippen molar-refractivity contribution < 1.29 is 8.42 Å². The van der Waals surface area contributed by atoms with Crippen molar-refractivity contribution in [3.63, 3.8) is 0 Å². The van der Waals surface area contributed by atoms with Crippen molar-refractivity contribution in [1.29, 1.82) is 0 Å². The van der Waals surface area contributed by atoms with Crippen LogP contribution in [0.1, 0.15) is 5.56 Å². The fourth-order valence-corrected chi connectivity index (χ4v) is 2.28. The predicted molar refractivity (Wildman–Crippen MR) is 65.3 cm³/mol. The Morgan fingerprint density at radius 3 is 2.25 bits per heavy atom. The third-order valence-corrected chi connectivity index (χ3v) is 4.17. The second kappa shape index (κ2) is 4.82. The summed E-state index contributed by atoms with van der Waals surface area (Å²) in [6.45, 7) is 0.309. The number of benzene rings is 1. The minimum Gasteiger partial charge on any atom is -0.326 e. The van der Waals surface area contributed by atoms with Gasteiger partial charge in [-0.3, -0.25) is 4.31 Å². The lowest BCUT2D eigenvalue weighted by Gasteiger charge is -2.25. The Morgan fingerprint density at radius 2 is 1.75 bits per heavy atom. The van der Waals surface area contributed by atoms with Crippen LogP contribution < -0.4 is 10.0 Å². The summed E-state index contributed by atoms with van der Waals surface area (Å²) >= 11 is 0. The zero-order valence-electron chi connectivity index (χ0n) is 9.71. The lowest BCUT2D eigenvalue weighted by atomic mass is 10.2. The van der Waals surface area contributed by atoms with Crippen LogP contribution in [0.15, 0.2) is 24.3 Å². The number of rotatable bonds is 4. The van der Waals surface area contributed by atoms with Crippen LogP contribution in [0.2, 0.25) is 0 Å². The maximum atomic E-state index is 11.9. The summed E-state index contributed by atoms with van der Waals surface area (Å²) in [5, 5.41) is 0. The minimum atomic E-state index is -3.45. The van der Waals surface area contributed by atoms with Gasteiger partial charge in [-0.2, -0.15) is 12.7 Å². The lowest BCUT2D eigenvalue weighted by molar-refractivity contribution is 0.519. The highest BCUT2D eigenvalue weighted by Gasteiger charge is 2.22. The van der Waals surface area contributed by atoms with Crippen molar-refractivity contribution in [3.05, 3.63) is 29.8 Å². The van der Waals surface area contributed by atoms with E-state index >= 15 is 0 Å². The highest BCUT2D eigenvalue weighted by Crippen LogP contribution is 2.21. The molecule has 6 heteroatoms. The number of nitrogens with two attached hydrogens (primary N) is 1. The molecule has 0 heterocycles. The summed E-state index contributed by atoms with van der Waals surface area (Å²) in [4.78, 5) is 0. The Labute approximate surface area is 96.6 Å². The fraction of sp³-hybridized carbons (Fsp3) is 0.400. The van der Waals surface area contributed by atoms with E-state index in [2.05, 4.69) is 0 Å². The van der Waals surface area contributed by atoms with Gasteiger partial charge in [0.25, 0.3) is 0 Å². The van der Waals surface area contributed by atoms with E-state index in [1.165, 1.54) is 29.8 Å². The van der Waals surface area contributed by atoms with E-state index in [1.807, 2.05) is 12.1 Å². The Hall–Kier alpha value is -1.11. The highest BCUT2D eigenvalue weighted by atomic mass is 32.2. The van der Waals surface area contributed by atoms with E-state index in [9.17, 15) is 8.42 Å². The Kier molecular flexibility index (Phi) is 3.90. The van der Waals surface area contributed by atoms with Gasteiger partial charge in [0, 0.05) is 27.7 Å². The summed E-state index contributed by atoms with van der Waals surface area (Å²) in [5.74, 6) is 0. The molecular weight excluding hydrogens is 226 g/mol. The zero-order valence-corrected chi connectivity index (χ0v) is 10.5. The van der Waals surface area contributed by atoms with Crippen LogP contribution in [0, 0.1) is 0 Å². The van der Waals surface area contributed by atoms with Gasteiger partial charge in [0.15, 0.2) is 0 Å². The second-order valence-corrected chi connectivity index (χ2v) is 5.76. The molecule has 0 radical (unpaired) electrons. The maximum Gasteiger partial charge on any atom is 0.303 e. The molecule has 0 unspecified atom stereocenters. The summed E-state index contributed by atoms with van der Waals surface area (Å²) in [5.41, 5.74) is 6.98. The van der Waals surface area contributed by atoms with Crippen molar-refractivity contribution >= 4 is 15.9 Å². The molecule has 16 heavy (non-hydrogen) atoms. The number of anilines is 1. The SMILES string of the molecule is CN(C)S(=O)(=O)N(C)c1ccccc1CN.